The van der Waals surface area contributed by atoms with Gasteiger partial charge in [0.1, 0.15) is 11.1 Å². The monoisotopic (exact) mass is 277 g/mol. The number of nitrogens with zero attached hydrogens (tertiary/aromatic N) is 2. The largest absolute Gasteiger partial charge is 0.376 e. The maximum Gasteiger partial charge on any atom is 0.115 e. The van der Waals surface area contributed by atoms with Crippen LogP contribution in [-0.4, -0.2) is 4.98 Å². The molecule has 1 N–H and O–H groups in total. The molecule has 2 rings (SSSR count). The molecule has 0 radical (unpaired) electrons. The molecule has 1 aromatic heterocycles. The second-order valence-electron chi connectivity index (χ2n) is 3.78. The van der Waals surface area contributed by atoms with Gasteiger partial charge in [-0.3, -0.25) is 0 Å². The van der Waals surface area contributed by atoms with Crippen LogP contribution in [0, 0.1) is 11.3 Å². The van der Waals surface area contributed by atoms with E-state index in [4.69, 9.17) is 16.9 Å². The SMILES string of the molecule is CCC(Nc1ccc(C#N)c(Cl)c1)c1nccs1. The number of aromatic nitrogens is 1. The average molecular weight is 278 g/mol. The van der Waals surface area contributed by atoms with Gasteiger partial charge in [-0.15, -0.1) is 11.3 Å². The van der Waals surface area contributed by atoms with Crippen LogP contribution in [0.1, 0.15) is 30.0 Å². The van der Waals surface area contributed by atoms with Gasteiger partial charge in [0, 0.05) is 17.3 Å². The fraction of sp³-hybridized carbons (Fsp3) is 0.231. The molecular formula is C13H12ClN3S. The molecule has 1 unspecified atom stereocenters. The minimum Gasteiger partial charge on any atom is -0.376 e. The van der Waals surface area contributed by atoms with E-state index in [0.717, 1.165) is 17.1 Å². The molecular weight excluding hydrogens is 266 g/mol. The van der Waals surface area contributed by atoms with E-state index in [0.29, 0.717) is 10.6 Å². The molecule has 0 amide bonds. The Kier molecular flexibility index (Phi) is 4.19. The number of rotatable bonds is 4. The predicted molar refractivity (Wildman–Crippen MR) is 74.9 cm³/mol. The van der Waals surface area contributed by atoms with Crippen molar-refractivity contribution in [2.75, 3.05) is 5.32 Å². The molecule has 0 spiro atoms. The van der Waals surface area contributed by atoms with Gasteiger partial charge in [-0.25, -0.2) is 4.98 Å². The lowest BCUT2D eigenvalue weighted by Crippen LogP contribution is -2.09. The van der Waals surface area contributed by atoms with Crippen molar-refractivity contribution < 1.29 is 0 Å². The third-order valence-electron chi connectivity index (χ3n) is 2.59. The van der Waals surface area contributed by atoms with Crippen molar-refractivity contribution in [1.82, 2.24) is 4.98 Å². The fourth-order valence-corrected chi connectivity index (χ4v) is 2.64. The Hall–Kier alpha value is -1.57. The molecule has 1 atom stereocenters. The summed E-state index contributed by atoms with van der Waals surface area (Å²) in [5.74, 6) is 0. The van der Waals surface area contributed by atoms with Gasteiger partial charge in [0.2, 0.25) is 0 Å². The topological polar surface area (TPSA) is 48.7 Å². The summed E-state index contributed by atoms with van der Waals surface area (Å²) in [5, 5.41) is 15.7. The van der Waals surface area contributed by atoms with Crippen LogP contribution in [0.5, 0.6) is 0 Å². The van der Waals surface area contributed by atoms with Crippen LogP contribution in [0.2, 0.25) is 5.02 Å². The summed E-state index contributed by atoms with van der Waals surface area (Å²) in [6, 6.07) is 7.58. The number of hydrogen-bond acceptors (Lipinski definition) is 4. The minimum absolute atomic E-state index is 0.175. The Balaban J connectivity index is 2.18. The maximum atomic E-state index is 8.82. The lowest BCUT2D eigenvalue weighted by molar-refractivity contribution is 0.742. The van der Waals surface area contributed by atoms with Crippen LogP contribution in [0.3, 0.4) is 0 Å². The number of nitrogens with one attached hydrogen (secondary N) is 1. The molecule has 92 valence electrons. The van der Waals surface area contributed by atoms with E-state index >= 15 is 0 Å². The normalized spacial score (nSPS) is 11.8. The molecule has 0 aliphatic heterocycles. The van der Waals surface area contributed by atoms with Gasteiger partial charge < -0.3 is 5.32 Å². The zero-order valence-corrected chi connectivity index (χ0v) is 11.4. The van der Waals surface area contributed by atoms with Crippen molar-refractivity contribution in [3.63, 3.8) is 0 Å². The number of anilines is 1. The smallest absolute Gasteiger partial charge is 0.115 e. The standard InChI is InChI=1S/C13H12ClN3S/c1-2-12(13-16-5-6-18-13)17-10-4-3-9(8-15)11(14)7-10/h3-7,12,17H,2H2,1H3. The van der Waals surface area contributed by atoms with Crippen LogP contribution in [-0.2, 0) is 0 Å². The summed E-state index contributed by atoms with van der Waals surface area (Å²) in [6.45, 7) is 2.10. The Morgan fingerprint density at radius 2 is 2.39 bits per heavy atom. The van der Waals surface area contributed by atoms with Gasteiger partial charge in [-0.1, -0.05) is 18.5 Å². The number of hydrogen-bond donors (Lipinski definition) is 1. The van der Waals surface area contributed by atoms with Gasteiger partial charge in [0.15, 0.2) is 0 Å². The minimum atomic E-state index is 0.175. The molecule has 0 aliphatic carbocycles. The van der Waals surface area contributed by atoms with E-state index in [-0.39, 0.29) is 6.04 Å². The van der Waals surface area contributed by atoms with Gasteiger partial charge in [-0.2, -0.15) is 5.26 Å². The summed E-state index contributed by atoms with van der Waals surface area (Å²) < 4.78 is 0. The van der Waals surface area contributed by atoms with Crippen molar-refractivity contribution in [2.45, 2.75) is 19.4 Å². The molecule has 5 heteroatoms. The van der Waals surface area contributed by atoms with Crippen LogP contribution in [0.25, 0.3) is 0 Å². The second-order valence-corrected chi connectivity index (χ2v) is 5.12. The van der Waals surface area contributed by atoms with Crippen molar-refractivity contribution in [2.24, 2.45) is 0 Å². The predicted octanol–water partition coefficient (Wildman–Crippen LogP) is 4.23. The quantitative estimate of drug-likeness (QED) is 0.910. The van der Waals surface area contributed by atoms with Crippen LogP contribution in [0.4, 0.5) is 5.69 Å². The average Bonchev–Trinajstić information content (AvgIpc) is 2.90. The van der Waals surface area contributed by atoms with Crippen molar-refractivity contribution in [3.05, 3.63) is 45.4 Å². The van der Waals surface area contributed by atoms with Gasteiger partial charge in [-0.05, 0) is 24.6 Å². The Bertz CT molecular complexity index is 560. The lowest BCUT2D eigenvalue weighted by atomic mass is 10.2. The second kappa shape index (κ2) is 5.85. The number of benzene rings is 1. The zero-order chi connectivity index (χ0) is 13.0. The van der Waals surface area contributed by atoms with E-state index in [2.05, 4.69) is 17.2 Å². The Morgan fingerprint density at radius 3 is 2.94 bits per heavy atom. The molecule has 18 heavy (non-hydrogen) atoms. The molecule has 0 bridgehead atoms. The maximum absolute atomic E-state index is 8.82. The summed E-state index contributed by atoms with van der Waals surface area (Å²) >= 11 is 7.63. The summed E-state index contributed by atoms with van der Waals surface area (Å²) in [5.41, 5.74) is 1.39. The summed E-state index contributed by atoms with van der Waals surface area (Å²) in [7, 11) is 0. The lowest BCUT2D eigenvalue weighted by Gasteiger charge is -2.16. The van der Waals surface area contributed by atoms with Gasteiger partial charge in [0.05, 0.1) is 16.6 Å². The molecule has 0 aliphatic rings. The molecule has 0 saturated heterocycles. The highest BCUT2D eigenvalue weighted by atomic mass is 35.5. The molecule has 0 fully saturated rings. The fourth-order valence-electron chi connectivity index (χ4n) is 1.64. The first-order chi connectivity index (χ1) is 8.74. The molecule has 3 nitrogen and oxygen atoms in total. The molecule has 1 heterocycles. The highest BCUT2D eigenvalue weighted by molar-refractivity contribution is 7.09. The van der Waals surface area contributed by atoms with Gasteiger partial charge >= 0.3 is 0 Å². The summed E-state index contributed by atoms with van der Waals surface area (Å²) in [4.78, 5) is 4.31. The third-order valence-corrected chi connectivity index (χ3v) is 3.79. The summed E-state index contributed by atoms with van der Waals surface area (Å²) in [6.07, 6.45) is 2.74. The van der Waals surface area contributed by atoms with E-state index in [9.17, 15) is 0 Å². The number of halogens is 1. The molecule has 0 saturated carbocycles. The highest BCUT2D eigenvalue weighted by Crippen LogP contribution is 2.26. The molecule has 1 aromatic carbocycles. The molecule has 2 aromatic rings. The van der Waals surface area contributed by atoms with E-state index in [1.165, 1.54) is 0 Å². The first kappa shape index (κ1) is 12.9. The van der Waals surface area contributed by atoms with Gasteiger partial charge in [0.25, 0.3) is 0 Å². The van der Waals surface area contributed by atoms with E-state index in [1.807, 2.05) is 17.5 Å². The Labute approximate surface area is 115 Å². The van der Waals surface area contributed by atoms with Crippen LogP contribution < -0.4 is 5.32 Å². The van der Waals surface area contributed by atoms with Crippen molar-refractivity contribution in [1.29, 1.82) is 5.26 Å². The number of thiazole rings is 1. The first-order valence-electron chi connectivity index (χ1n) is 5.60. The third kappa shape index (κ3) is 2.81. The van der Waals surface area contributed by atoms with E-state index < -0.39 is 0 Å². The van der Waals surface area contributed by atoms with Crippen molar-refractivity contribution in [3.8, 4) is 6.07 Å². The first-order valence-corrected chi connectivity index (χ1v) is 6.86. The highest BCUT2D eigenvalue weighted by Gasteiger charge is 2.12. The van der Waals surface area contributed by atoms with Crippen molar-refractivity contribution >= 4 is 28.6 Å². The van der Waals surface area contributed by atoms with Crippen LogP contribution in [0.15, 0.2) is 29.8 Å². The Morgan fingerprint density at radius 1 is 1.56 bits per heavy atom. The van der Waals surface area contributed by atoms with E-state index in [1.54, 1.807) is 29.7 Å². The zero-order valence-electron chi connectivity index (χ0n) is 9.85. The number of nitriles is 1. The van der Waals surface area contributed by atoms with Crippen LogP contribution >= 0.6 is 22.9 Å².